The van der Waals surface area contributed by atoms with Crippen molar-refractivity contribution in [2.45, 2.75) is 49.5 Å². The molecule has 1 amide bonds. The summed E-state index contributed by atoms with van der Waals surface area (Å²) in [6.07, 6.45) is -1.65. The standard InChI is InChI=1S/C9H12ClF4NO/c10-8(11,9(12,13)14)7(16)15-6-4-2-1-3-5-6/h6H,1-5H2,(H,15,16). The first-order chi connectivity index (χ1) is 7.25. The maximum atomic E-state index is 13.0. The van der Waals surface area contributed by atoms with Gasteiger partial charge >= 0.3 is 11.3 Å². The van der Waals surface area contributed by atoms with E-state index in [4.69, 9.17) is 0 Å². The van der Waals surface area contributed by atoms with Crippen LogP contribution >= 0.6 is 11.6 Å². The van der Waals surface area contributed by atoms with Gasteiger partial charge in [-0.15, -0.1) is 0 Å². The zero-order chi connectivity index (χ0) is 12.4. The number of amides is 1. The van der Waals surface area contributed by atoms with Crippen molar-refractivity contribution in [3.63, 3.8) is 0 Å². The molecule has 16 heavy (non-hydrogen) atoms. The molecule has 0 aliphatic heterocycles. The molecule has 94 valence electrons. The van der Waals surface area contributed by atoms with E-state index < -0.39 is 23.3 Å². The molecule has 1 saturated carbocycles. The van der Waals surface area contributed by atoms with Crippen LogP contribution < -0.4 is 5.32 Å². The summed E-state index contributed by atoms with van der Waals surface area (Å²) < 4.78 is 49.2. The maximum absolute atomic E-state index is 13.0. The lowest BCUT2D eigenvalue weighted by molar-refractivity contribution is -0.201. The highest BCUT2D eigenvalue weighted by molar-refractivity contribution is 6.34. The summed E-state index contributed by atoms with van der Waals surface area (Å²) >= 11 is 4.58. The third-order valence-electron chi connectivity index (χ3n) is 2.58. The summed E-state index contributed by atoms with van der Waals surface area (Å²) in [5.74, 6) is -1.81. The van der Waals surface area contributed by atoms with Gasteiger partial charge in [-0.2, -0.15) is 13.2 Å². The van der Waals surface area contributed by atoms with Crippen LogP contribution in [0.15, 0.2) is 0 Å². The molecule has 0 radical (unpaired) electrons. The number of carbonyl (C=O) groups is 1. The molecule has 0 bridgehead atoms. The van der Waals surface area contributed by atoms with Gasteiger partial charge in [-0.1, -0.05) is 30.9 Å². The Morgan fingerprint density at radius 3 is 2.06 bits per heavy atom. The largest absolute Gasteiger partial charge is 0.446 e. The van der Waals surface area contributed by atoms with E-state index in [0.717, 1.165) is 19.3 Å². The Morgan fingerprint density at radius 2 is 1.62 bits per heavy atom. The smallest absolute Gasteiger partial charge is 0.349 e. The van der Waals surface area contributed by atoms with Gasteiger partial charge in [0.1, 0.15) is 0 Å². The summed E-state index contributed by atoms with van der Waals surface area (Å²) in [4.78, 5) is 11.0. The summed E-state index contributed by atoms with van der Waals surface area (Å²) in [6, 6.07) is -0.405. The Morgan fingerprint density at radius 1 is 1.12 bits per heavy atom. The van der Waals surface area contributed by atoms with Crippen LogP contribution in [0.5, 0.6) is 0 Å². The molecule has 0 aromatic rings. The van der Waals surface area contributed by atoms with Crippen LogP contribution in [0.4, 0.5) is 17.6 Å². The Bertz CT molecular complexity index is 261. The quantitative estimate of drug-likeness (QED) is 0.601. The van der Waals surface area contributed by atoms with Gasteiger partial charge in [0.2, 0.25) is 0 Å². The number of hydrogen-bond acceptors (Lipinski definition) is 1. The zero-order valence-corrected chi connectivity index (χ0v) is 9.17. The van der Waals surface area contributed by atoms with Crippen LogP contribution in [0.1, 0.15) is 32.1 Å². The van der Waals surface area contributed by atoms with Crippen LogP contribution in [-0.4, -0.2) is 23.3 Å². The lowest BCUT2D eigenvalue weighted by Crippen LogP contribution is -2.52. The summed E-state index contributed by atoms with van der Waals surface area (Å²) in [6.45, 7) is 0. The monoisotopic (exact) mass is 261 g/mol. The van der Waals surface area contributed by atoms with Crippen LogP contribution in [0.2, 0.25) is 0 Å². The van der Waals surface area contributed by atoms with Crippen LogP contribution in [-0.2, 0) is 4.79 Å². The molecule has 2 nitrogen and oxygen atoms in total. The molecule has 1 atom stereocenters. The Hall–Kier alpha value is -0.520. The Balaban J connectivity index is 2.57. The molecule has 1 aliphatic rings. The molecular weight excluding hydrogens is 250 g/mol. The van der Waals surface area contributed by atoms with Crippen LogP contribution in [0.25, 0.3) is 0 Å². The van der Waals surface area contributed by atoms with Crippen LogP contribution in [0, 0.1) is 0 Å². The van der Waals surface area contributed by atoms with E-state index >= 15 is 0 Å². The Labute approximate surface area is 95.3 Å². The van der Waals surface area contributed by atoms with Gasteiger partial charge in [-0.25, -0.2) is 4.39 Å². The van der Waals surface area contributed by atoms with Gasteiger partial charge in [-0.3, -0.25) is 4.79 Å². The molecule has 7 heteroatoms. The van der Waals surface area contributed by atoms with Crippen molar-refractivity contribution in [3.8, 4) is 0 Å². The van der Waals surface area contributed by atoms with Crippen molar-refractivity contribution in [1.29, 1.82) is 0 Å². The fraction of sp³-hybridized carbons (Fsp3) is 0.889. The van der Waals surface area contributed by atoms with E-state index in [9.17, 15) is 22.4 Å². The number of rotatable bonds is 2. The molecule has 0 saturated heterocycles. The second kappa shape index (κ2) is 4.77. The third kappa shape index (κ3) is 2.99. The number of carbonyl (C=O) groups excluding carboxylic acids is 1. The van der Waals surface area contributed by atoms with E-state index in [2.05, 4.69) is 11.6 Å². The van der Waals surface area contributed by atoms with E-state index in [1.807, 2.05) is 5.32 Å². The molecule has 0 aromatic heterocycles. The van der Waals surface area contributed by atoms with Gasteiger partial charge in [0.05, 0.1) is 0 Å². The minimum Gasteiger partial charge on any atom is -0.349 e. The predicted octanol–water partition coefficient (Wildman–Crippen LogP) is 2.90. The maximum Gasteiger partial charge on any atom is 0.446 e. The van der Waals surface area contributed by atoms with E-state index in [-0.39, 0.29) is 0 Å². The normalized spacial score (nSPS) is 22.6. The number of halogens is 5. The van der Waals surface area contributed by atoms with Gasteiger partial charge in [-0.05, 0) is 12.8 Å². The molecule has 0 spiro atoms. The van der Waals surface area contributed by atoms with Crippen molar-refractivity contribution < 1.29 is 22.4 Å². The lowest BCUT2D eigenvalue weighted by Gasteiger charge is -2.26. The lowest BCUT2D eigenvalue weighted by atomic mass is 9.95. The van der Waals surface area contributed by atoms with E-state index in [1.165, 1.54) is 0 Å². The van der Waals surface area contributed by atoms with Crippen molar-refractivity contribution in [1.82, 2.24) is 5.32 Å². The third-order valence-corrected chi connectivity index (χ3v) is 2.97. The summed E-state index contributed by atoms with van der Waals surface area (Å²) in [5.41, 5.74) is 0. The zero-order valence-electron chi connectivity index (χ0n) is 8.41. The predicted molar refractivity (Wildman–Crippen MR) is 50.8 cm³/mol. The average Bonchev–Trinajstić information content (AvgIpc) is 2.17. The van der Waals surface area contributed by atoms with Crippen molar-refractivity contribution in [2.75, 3.05) is 0 Å². The first-order valence-corrected chi connectivity index (χ1v) is 5.38. The van der Waals surface area contributed by atoms with Gasteiger partial charge < -0.3 is 5.32 Å². The molecule has 1 rings (SSSR count). The second-order valence-electron chi connectivity index (χ2n) is 3.88. The SMILES string of the molecule is O=C(NC1CCCCC1)C(F)(Cl)C(F)(F)F. The van der Waals surface area contributed by atoms with Gasteiger partial charge in [0.15, 0.2) is 0 Å². The molecule has 0 aromatic carbocycles. The summed E-state index contributed by atoms with van der Waals surface area (Å²) in [5, 5.41) is -2.33. The average molecular weight is 262 g/mol. The van der Waals surface area contributed by atoms with Gasteiger partial charge in [0.25, 0.3) is 5.91 Å². The first-order valence-electron chi connectivity index (χ1n) is 5.00. The molecule has 0 heterocycles. The second-order valence-corrected chi connectivity index (χ2v) is 4.40. The molecule has 1 N–H and O–H groups in total. The number of hydrogen-bond donors (Lipinski definition) is 1. The number of alkyl halides is 5. The van der Waals surface area contributed by atoms with Gasteiger partial charge in [0, 0.05) is 6.04 Å². The van der Waals surface area contributed by atoms with E-state index in [1.54, 1.807) is 0 Å². The highest BCUT2D eigenvalue weighted by Gasteiger charge is 2.61. The number of nitrogens with one attached hydrogen (secondary N) is 1. The topological polar surface area (TPSA) is 29.1 Å². The van der Waals surface area contributed by atoms with Crippen molar-refractivity contribution in [3.05, 3.63) is 0 Å². The summed E-state index contributed by atoms with van der Waals surface area (Å²) in [7, 11) is 0. The molecule has 1 fully saturated rings. The van der Waals surface area contributed by atoms with E-state index in [0.29, 0.717) is 12.8 Å². The molecule has 1 unspecified atom stereocenters. The minimum atomic E-state index is -5.40. The first kappa shape index (κ1) is 13.5. The van der Waals surface area contributed by atoms with Crippen molar-refractivity contribution in [2.24, 2.45) is 0 Å². The Kier molecular flexibility index (Phi) is 4.04. The van der Waals surface area contributed by atoms with Crippen LogP contribution in [0.3, 0.4) is 0 Å². The highest BCUT2D eigenvalue weighted by Crippen LogP contribution is 2.38. The molecular formula is C9H12ClF4NO. The fourth-order valence-corrected chi connectivity index (χ4v) is 1.71. The minimum absolute atomic E-state index is 0.405. The highest BCUT2D eigenvalue weighted by atomic mass is 35.5. The fourth-order valence-electron chi connectivity index (χ4n) is 1.65. The molecule has 1 aliphatic carbocycles. The van der Waals surface area contributed by atoms with Crippen molar-refractivity contribution >= 4 is 17.5 Å².